The quantitative estimate of drug-likeness (QED) is 0.906. The summed E-state index contributed by atoms with van der Waals surface area (Å²) >= 11 is 0. The largest absolute Gasteiger partial charge is 0.391 e. The van der Waals surface area contributed by atoms with Crippen molar-refractivity contribution in [3.63, 3.8) is 0 Å². The van der Waals surface area contributed by atoms with Crippen LogP contribution in [0.2, 0.25) is 0 Å². The predicted octanol–water partition coefficient (Wildman–Crippen LogP) is 1.24. The van der Waals surface area contributed by atoms with Crippen LogP contribution >= 0.6 is 0 Å². The molecule has 1 saturated heterocycles. The minimum atomic E-state index is -0.291. The van der Waals surface area contributed by atoms with Gasteiger partial charge in [0.15, 0.2) is 5.82 Å². The van der Waals surface area contributed by atoms with Crippen LogP contribution in [0.4, 0.5) is 5.82 Å². The number of aliphatic hydroxyl groups excluding tert-OH is 1. The number of aliphatic hydroxyl groups is 1. The van der Waals surface area contributed by atoms with Crippen molar-refractivity contribution in [1.29, 1.82) is 0 Å². The molecule has 0 amide bonds. The van der Waals surface area contributed by atoms with E-state index < -0.39 is 0 Å². The monoisotopic (exact) mass is 290 g/mol. The van der Waals surface area contributed by atoms with Crippen LogP contribution in [0.3, 0.4) is 0 Å². The molecule has 1 fully saturated rings. The summed E-state index contributed by atoms with van der Waals surface area (Å²) in [6.45, 7) is 1.82. The van der Waals surface area contributed by atoms with Gasteiger partial charge < -0.3 is 19.3 Å². The fourth-order valence-corrected chi connectivity index (χ4v) is 2.45. The van der Waals surface area contributed by atoms with Crippen molar-refractivity contribution in [2.45, 2.75) is 25.6 Å². The Bertz CT molecular complexity index is 601. The van der Waals surface area contributed by atoms with E-state index in [1.165, 1.54) is 0 Å². The number of hydrogen-bond acceptors (Lipinski definition) is 7. The Morgan fingerprint density at radius 3 is 3.24 bits per heavy atom. The van der Waals surface area contributed by atoms with E-state index >= 15 is 0 Å². The van der Waals surface area contributed by atoms with Crippen molar-refractivity contribution in [2.75, 3.05) is 25.1 Å². The highest BCUT2D eigenvalue weighted by Crippen LogP contribution is 2.23. The number of aromatic nitrogens is 3. The van der Waals surface area contributed by atoms with Gasteiger partial charge in [0.05, 0.1) is 6.10 Å². The van der Waals surface area contributed by atoms with Gasteiger partial charge in [0, 0.05) is 32.0 Å². The Balaban J connectivity index is 1.81. The van der Waals surface area contributed by atoms with Crippen molar-refractivity contribution in [3.05, 3.63) is 24.2 Å². The molecule has 0 aliphatic carbocycles. The van der Waals surface area contributed by atoms with Gasteiger partial charge in [-0.1, -0.05) is 5.16 Å². The molecule has 1 aliphatic heterocycles. The normalized spacial score (nSPS) is 19.0. The van der Waals surface area contributed by atoms with Crippen molar-refractivity contribution < 1.29 is 14.4 Å². The third-order valence-corrected chi connectivity index (χ3v) is 3.45. The lowest BCUT2D eigenvalue weighted by molar-refractivity contribution is 0.154. The predicted molar refractivity (Wildman–Crippen MR) is 75.7 cm³/mol. The van der Waals surface area contributed by atoms with Crippen LogP contribution < -0.4 is 4.90 Å². The maximum Gasteiger partial charge on any atom is 0.258 e. The molecular formula is C14H18N4O3. The number of methoxy groups -OCH3 is 1. The summed E-state index contributed by atoms with van der Waals surface area (Å²) in [7, 11) is 1.59. The highest BCUT2D eigenvalue weighted by atomic mass is 16.5. The highest BCUT2D eigenvalue weighted by Gasteiger charge is 2.19. The van der Waals surface area contributed by atoms with Gasteiger partial charge in [-0.05, 0) is 25.0 Å². The van der Waals surface area contributed by atoms with E-state index in [4.69, 9.17) is 9.26 Å². The average Bonchev–Trinajstić information content (AvgIpc) is 2.97. The molecule has 7 heteroatoms. The number of piperidine rings is 1. The van der Waals surface area contributed by atoms with Crippen LogP contribution in [-0.2, 0) is 11.3 Å². The second-order valence-electron chi connectivity index (χ2n) is 5.09. The number of β-amino-alcohol motifs (C(OH)–C–C–N with tert-alkyl or cyclic N) is 1. The van der Waals surface area contributed by atoms with E-state index in [9.17, 15) is 5.11 Å². The Kier molecular flexibility index (Phi) is 4.12. The molecule has 1 N–H and O–H groups in total. The van der Waals surface area contributed by atoms with Crippen LogP contribution in [-0.4, -0.2) is 46.5 Å². The number of anilines is 1. The second kappa shape index (κ2) is 6.19. The number of ether oxygens (including phenoxy) is 1. The van der Waals surface area contributed by atoms with Crippen molar-refractivity contribution in [1.82, 2.24) is 15.1 Å². The SMILES string of the molecule is COCc1noc(-c2ccnc(N3CCCC(O)C3)c2)n1. The number of pyridine rings is 1. The second-order valence-corrected chi connectivity index (χ2v) is 5.09. The minimum Gasteiger partial charge on any atom is -0.391 e. The first-order valence-electron chi connectivity index (χ1n) is 6.97. The zero-order valence-corrected chi connectivity index (χ0v) is 11.9. The number of nitrogens with zero attached hydrogens (tertiary/aromatic N) is 4. The summed E-state index contributed by atoms with van der Waals surface area (Å²) in [5.74, 6) is 1.78. The summed E-state index contributed by atoms with van der Waals surface area (Å²) < 4.78 is 10.2. The van der Waals surface area contributed by atoms with E-state index in [2.05, 4.69) is 20.0 Å². The summed E-state index contributed by atoms with van der Waals surface area (Å²) in [4.78, 5) is 10.7. The lowest BCUT2D eigenvalue weighted by Gasteiger charge is -2.31. The van der Waals surface area contributed by atoms with Crippen LogP contribution in [0.1, 0.15) is 18.7 Å². The van der Waals surface area contributed by atoms with Crippen molar-refractivity contribution in [3.8, 4) is 11.5 Å². The Labute approximate surface area is 122 Å². The molecule has 0 aromatic carbocycles. The molecule has 21 heavy (non-hydrogen) atoms. The maximum atomic E-state index is 9.77. The molecule has 0 radical (unpaired) electrons. The standard InChI is InChI=1S/C14H18N4O3/c1-20-9-12-16-14(21-17-12)10-4-5-15-13(7-10)18-6-2-3-11(19)8-18/h4-5,7,11,19H,2-3,6,8-9H2,1H3. The van der Waals surface area contributed by atoms with E-state index in [1.807, 2.05) is 12.1 Å². The van der Waals surface area contributed by atoms with Gasteiger partial charge in [-0.2, -0.15) is 4.98 Å². The van der Waals surface area contributed by atoms with Gasteiger partial charge in [0.25, 0.3) is 5.89 Å². The van der Waals surface area contributed by atoms with E-state index in [0.717, 1.165) is 30.8 Å². The lowest BCUT2D eigenvalue weighted by atomic mass is 10.1. The third kappa shape index (κ3) is 3.20. The molecule has 1 aliphatic rings. The molecule has 112 valence electrons. The first-order chi connectivity index (χ1) is 10.3. The van der Waals surface area contributed by atoms with E-state index in [0.29, 0.717) is 24.9 Å². The van der Waals surface area contributed by atoms with E-state index in [1.54, 1.807) is 13.3 Å². The molecule has 0 saturated carbocycles. The minimum absolute atomic E-state index is 0.291. The molecule has 2 aromatic rings. The summed E-state index contributed by atoms with van der Waals surface area (Å²) in [6, 6.07) is 3.73. The molecule has 0 spiro atoms. The molecule has 3 rings (SSSR count). The highest BCUT2D eigenvalue weighted by molar-refractivity contribution is 5.58. The van der Waals surface area contributed by atoms with Gasteiger partial charge in [-0.25, -0.2) is 4.98 Å². The Hall–Kier alpha value is -1.99. The van der Waals surface area contributed by atoms with Crippen LogP contribution in [0.25, 0.3) is 11.5 Å². The van der Waals surface area contributed by atoms with Gasteiger partial charge in [-0.3, -0.25) is 0 Å². The Morgan fingerprint density at radius 1 is 1.52 bits per heavy atom. The van der Waals surface area contributed by atoms with Gasteiger partial charge in [0.1, 0.15) is 12.4 Å². The molecule has 7 nitrogen and oxygen atoms in total. The topological polar surface area (TPSA) is 84.5 Å². The van der Waals surface area contributed by atoms with Crippen molar-refractivity contribution in [2.24, 2.45) is 0 Å². The fourth-order valence-electron chi connectivity index (χ4n) is 2.45. The molecule has 3 heterocycles. The zero-order valence-electron chi connectivity index (χ0n) is 11.9. The molecular weight excluding hydrogens is 272 g/mol. The van der Waals surface area contributed by atoms with Crippen LogP contribution in [0, 0.1) is 0 Å². The van der Waals surface area contributed by atoms with Gasteiger partial charge in [0.2, 0.25) is 0 Å². The average molecular weight is 290 g/mol. The van der Waals surface area contributed by atoms with Crippen molar-refractivity contribution >= 4 is 5.82 Å². The Morgan fingerprint density at radius 2 is 2.43 bits per heavy atom. The molecule has 0 bridgehead atoms. The number of hydrogen-bond donors (Lipinski definition) is 1. The zero-order chi connectivity index (χ0) is 14.7. The third-order valence-electron chi connectivity index (χ3n) is 3.45. The van der Waals surface area contributed by atoms with Gasteiger partial charge >= 0.3 is 0 Å². The molecule has 2 aromatic heterocycles. The first kappa shape index (κ1) is 14.0. The number of rotatable bonds is 4. The summed E-state index contributed by atoms with van der Waals surface area (Å²) in [5, 5.41) is 13.6. The maximum absolute atomic E-state index is 9.77. The van der Waals surface area contributed by atoms with E-state index in [-0.39, 0.29) is 6.10 Å². The summed E-state index contributed by atoms with van der Waals surface area (Å²) in [5.41, 5.74) is 0.815. The summed E-state index contributed by atoms with van der Waals surface area (Å²) in [6.07, 6.45) is 3.23. The lowest BCUT2D eigenvalue weighted by Crippen LogP contribution is -2.38. The smallest absolute Gasteiger partial charge is 0.258 e. The molecule has 1 atom stereocenters. The molecule has 1 unspecified atom stereocenters. The van der Waals surface area contributed by atoms with Gasteiger partial charge in [-0.15, -0.1) is 0 Å². The fraction of sp³-hybridized carbons (Fsp3) is 0.500. The first-order valence-corrected chi connectivity index (χ1v) is 6.97. The van der Waals surface area contributed by atoms with Crippen LogP contribution in [0.5, 0.6) is 0 Å². The van der Waals surface area contributed by atoms with Crippen LogP contribution in [0.15, 0.2) is 22.9 Å².